The standard InChI is InChI=1S/C15H19NO/c1-9(2)11-8-15(3,4)14-13-10(11)6-5-7-12(13)17-16-14/h1,5-8H2,2-4H3. The van der Waals surface area contributed by atoms with Crippen LogP contribution in [0.4, 0.5) is 0 Å². The lowest BCUT2D eigenvalue weighted by Crippen LogP contribution is -2.26. The fourth-order valence-corrected chi connectivity index (χ4v) is 3.16. The van der Waals surface area contributed by atoms with Crippen LogP contribution < -0.4 is 0 Å². The van der Waals surface area contributed by atoms with Crippen molar-refractivity contribution in [3.8, 4) is 0 Å². The maximum Gasteiger partial charge on any atom is 0.144 e. The molecule has 2 aliphatic rings. The van der Waals surface area contributed by atoms with Gasteiger partial charge in [-0.05, 0) is 37.3 Å². The quantitative estimate of drug-likeness (QED) is 0.727. The molecule has 0 fully saturated rings. The number of aryl methyl sites for hydroxylation is 1. The van der Waals surface area contributed by atoms with Gasteiger partial charge in [0.05, 0.1) is 5.69 Å². The highest BCUT2D eigenvalue weighted by Gasteiger charge is 2.39. The fourth-order valence-electron chi connectivity index (χ4n) is 3.16. The van der Waals surface area contributed by atoms with Crippen LogP contribution >= 0.6 is 0 Å². The van der Waals surface area contributed by atoms with E-state index in [1.165, 1.54) is 28.7 Å². The predicted molar refractivity (Wildman–Crippen MR) is 68.8 cm³/mol. The van der Waals surface area contributed by atoms with Gasteiger partial charge in [0.2, 0.25) is 0 Å². The van der Waals surface area contributed by atoms with Crippen molar-refractivity contribution in [2.45, 2.75) is 51.9 Å². The zero-order chi connectivity index (χ0) is 12.2. The first-order valence-electron chi connectivity index (χ1n) is 6.38. The third-order valence-corrected chi connectivity index (χ3v) is 4.03. The molecular formula is C15H19NO. The first-order valence-corrected chi connectivity index (χ1v) is 6.38. The molecule has 0 amide bonds. The molecule has 1 aromatic heterocycles. The number of aromatic nitrogens is 1. The fraction of sp³-hybridized carbons (Fsp3) is 0.533. The number of hydrogen-bond donors (Lipinski definition) is 0. The van der Waals surface area contributed by atoms with Gasteiger partial charge < -0.3 is 4.52 Å². The smallest absolute Gasteiger partial charge is 0.144 e. The van der Waals surface area contributed by atoms with Gasteiger partial charge in [-0.3, -0.25) is 0 Å². The highest BCUT2D eigenvalue weighted by atomic mass is 16.5. The average molecular weight is 229 g/mol. The molecule has 3 rings (SSSR count). The molecule has 0 saturated heterocycles. The molecule has 0 spiro atoms. The van der Waals surface area contributed by atoms with E-state index in [1.54, 1.807) is 0 Å². The lowest BCUT2D eigenvalue weighted by atomic mass is 9.69. The van der Waals surface area contributed by atoms with E-state index >= 15 is 0 Å². The number of rotatable bonds is 1. The molecular weight excluding hydrogens is 210 g/mol. The largest absolute Gasteiger partial charge is 0.360 e. The lowest BCUT2D eigenvalue weighted by molar-refractivity contribution is 0.358. The summed E-state index contributed by atoms with van der Waals surface area (Å²) in [5, 5.41) is 4.33. The summed E-state index contributed by atoms with van der Waals surface area (Å²) in [5.41, 5.74) is 6.64. The minimum Gasteiger partial charge on any atom is -0.360 e. The molecule has 2 nitrogen and oxygen atoms in total. The van der Waals surface area contributed by atoms with Gasteiger partial charge in [-0.2, -0.15) is 0 Å². The molecule has 2 heteroatoms. The lowest BCUT2D eigenvalue weighted by Gasteiger charge is -2.33. The van der Waals surface area contributed by atoms with Crippen LogP contribution in [0.1, 0.15) is 57.1 Å². The Morgan fingerprint density at radius 3 is 2.82 bits per heavy atom. The van der Waals surface area contributed by atoms with Crippen LogP contribution in [0.25, 0.3) is 5.57 Å². The topological polar surface area (TPSA) is 26.0 Å². The van der Waals surface area contributed by atoms with Crippen LogP contribution in [0.2, 0.25) is 0 Å². The predicted octanol–water partition coefficient (Wildman–Crippen LogP) is 4.02. The Labute approximate surface area is 102 Å². The summed E-state index contributed by atoms with van der Waals surface area (Å²) < 4.78 is 5.54. The minimum atomic E-state index is 0.0756. The van der Waals surface area contributed by atoms with Crippen molar-refractivity contribution in [2.75, 3.05) is 0 Å². The molecule has 0 radical (unpaired) electrons. The van der Waals surface area contributed by atoms with Gasteiger partial charge >= 0.3 is 0 Å². The monoisotopic (exact) mass is 229 g/mol. The maximum atomic E-state index is 5.54. The summed E-state index contributed by atoms with van der Waals surface area (Å²) in [6.07, 6.45) is 4.40. The van der Waals surface area contributed by atoms with Gasteiger partial charge in [0.15, 0.2) is 0 Å². The van der Waals surface area contributed by atoms with Crippen LogP contribution in [0, 0.1) is 0 Å². The molecule has 0 bridgehead atoms. The number of nitrogens with zero attached hydrogens (tertiary/aromatic N) is 1. The summed E-state index contributed by atoms with van der Waals surface area (Å²) >= 11 is 0. The molecule has 0 aromatic carbocycles. The van der Waals surface area contributed by atoms with E-state index in [4.69, 9.17) is 4.52 Å². The Morgan fingerprint density at radius 1 is 1.35 bits per heavy atom. The van der Waals surface area contributed by atoms with Crippen molar-refractivity contribution in [1.82, 2.24) is 5.16 Å². The van der Waals surface area contributed by atoms with Crippen molar-refractivity contribution in [1.29, 1.82) is 0 Å². The van der Waals surface area contributed by atoms with Crippen LogP contribution in [0.3, 0.4) is 0 Å². The Bertz CT molecular complexity index is 531. The highest BCUT2D eigenvalue weighted by Crippen LogP contribution is 2.48. The third kappa shape index (κ3) is 1.43. The van der Waals surface area contributed by atoms with Gasteiger partial charge in [-0.15, -0.1) is 0 Å². The maximum absolute atomic E-state index is 5.54. The van der Waals surface area contributed by atoms with Crippen molar-refractivity contribution in [3.63, 3.8) is 0 Å². The summed E-state index contributed by atoms with van der Waals surface area (Å²) in [4.78, 5) is 0. The number of hydrogen-bond acceptors (Lipinski definition) is 2. The SMILES string of the molecule is C=C(C)C1=C2CCCc3onc(c32)C(C)(C)C1. The van der Waals surface area contributed by atoms with Crippen LogP contribution in [-0.4, -0.2) is 5.16 Å². The summed E-state index contributed by atoms with van der Waals surface area (Å²) in [7, 11) is 0. The molecule has 1 aromatic rings. The minimum absolute atomic E-state index is 0.0756. The number of allylic oxidation sites excluding steroid dienone is 3. The third-order valence-electron chi connectivity index (χ3n) is 4.03. The highest BCUT2D eigenvalue weighted by molar-refractivity contribution is 5.78. The Morgan fingerprint density at radius 2 is 2.12 bits per heavy atom. The second-order valence-electron chi connectivity index (χ2n) is 5.98. The van der Waals surface area contributed by atoms with E-state index in [0.29, 0.717) is 0 Å². The second kappa shape index (κ2) is 3.34. The van der Waals surface area contributed by atoms with Gasteiger partial charge in [0.1, 0.15) is 5.76 Å². The van der Waals surface area contributed by atoms with Crippen LogP contribution in [-0.2, 0) is 11.8 Å². The molecule has 2 aliphatic carbocycles. The Hall–Kier alpha value is -1.31. The van der Waals surface area contributed by atoms with E-state index in [1.807, 2.05) is 0 Å². The van der Waals surface area contributed by atoms with E-state index in [0.717, 1.165) is 30.7 Å². The van der Waals surface area contributed by atoms with E-state index < -0.39 is 0 Å². The molecule has 0 saturated carbocycles. The molecule has 1 heterocycles. The zero-order valence-electron chi connectivity index (χ0n) is 10.9. The van der Waals surface area contributed by atoms with Crippen molar-refractivity contribution in [3.05, 3.63) is 34.7 Å². The first kappa shape index (κ1) is 10.8. The molecule has 0 N–H and O–H groups in total. The van der Waals surface area contributed by atoms with Gasteiger partial charge in [0.25, 0.3) is 0 Å². The van der Waals surface area contributed by atoms with Crippen molar-refractivity contribution in [2.24, 2.45) is 0 Å². The Balaban J connectivity index is 2.30. The van der Waals surface area contributed by atoms with Crippen LogP contribution in [0.15, 0.2) is 22.2 Å². The molecule has 0 aliphatic heterocycles. The van der Waals surface area contributed by atoms with Gasteiger partial charge in [0, 0.05) is 17.4 Å². The molecule has 0 unspecified atom stereocenters. The van der Waals surface area contributed by atoms with E-state index in [2.05, 4.69) is 32.5 Å². The van der Waals surface area contributed by atoms with Gasteiger partial charge in [-0.25, -0.2) is 0 Å². The molecule has 17 heavy (non-hydrogen) atoms. The first-order chi connectivity index (χ1) is 8.00. The van der Waals surface area contributed by atoms with Crippen LogP contribution in [0.5, 0.6) is 0 Å². The van der Waals surface area contributed by atoms with E-state index in [-0.39, 0.29) is 5.41 Å². The summed E-state index contributed by atoms with van der Waals surface area (Å²) in [6.45, 7) is 10.8. The second-order valence-corrected chi connectivity index (χ2v) is 5.98. The summed E-state index contributed by atoms with van der Waals surface area (Å²) in [6, 6.07) is 0. The summed E-state index contributed by atoms with van der Waals surface area (Å²) in [5.74, 6) is 1.09. The average Bonchev–Trinajstić information content (AvgIpc) is 2.69. The Kier molecular flexibility index (Phi) is 2.13. The van der Waals surface area contributed by atoms with Crippen molar-refractivity contribution >= 4 is 5.57 Å². The molecule has 0 atom stereocenters. The van der Waals surface area contributed by atoms with Gasteiger partial charge in [-0.1, -0.05) is 31.2 Å². The van der Waals surface area contributed by atoms with E-state index in [9.17, 15) is 0 Å². The molecule has 90 valence electrons. The zero-order valence-corrected chi connectivity index (χ0v) is 10.9. The normalized spacial score (nSPS) is 21.4. The van der Waals surface area contributed by atoms with Crippen molar-refractivity contribution < 1.29 is 4.52 Å².